The Kier molecular flexibility index (Phi) is 3.52. The summed E-state index contributed by atoms with van der Waals surface area (Å²) < 4.78 is 18.9. The van der Waals surface area contributed by atoms with Gasteiger partial charge in [-0.05, 0) is 56.0 Å². The molecule has 0 radical (unpaired) electrons. The number of aromatic hydroxyl groups is 1. The fourth-order valence-corrected chi connectivity index (χ4v) is 2.39. The number of methoxy groups -OCH3 is 1. The fraction of sp³-hybridized carbons (Fsp3) is 0.538. The summed E-state index contributed by atoms with van der Waals surface area (Å²) >= 11 is 0. The normalized spacial score (nSPS) is 19.6. The monoisotopic (exact) mass is 239 g/mol. The molecule has 0 spiro atoms. The highest BCUT2D eigenvalue weighted by Crippen LogP contribution is 2.34. The maximum atomic E-state index is 13.8. The van der Waals surface area contributed by atoms with Crippen LogP contribution in [0.5, 0.6) is 11.5 Å². The van der Waals surface area contributed by atoms with Crippen molar-refractivity contribution in [3.8, 4) is 11.5 Å². The van der Waals surface area contributed by atoms with E-state index in [1.54, 1.807) is 6.92 Å². The molecule has 2 rings (SSSR count). The minimum atomic E-state index is -0.645. The Morgan fingerprint density at radius 1 is 1.59 bits per heavy atom. The minimum absolute atomic E-state index is 0.181. The highest BCUT2D eigenvalue weighted by molar-refractivity contribution is 5.47. The van der Waals surface area contributed by atoms with Gasteiger partial charge in [0.2, 0.25) is 5.82 Å². The van der Waals surface area contributed by atoms with E-state index in [0.717, 1.165) is 31.5 Å². The van der Waals surface area contributed by atoms with Crippen LogP contribution in [0.3, 0.4) is 0 Å². The van der Waals surface area contributed by atoms with Gasteiger partial charge in [0.1, 0.15) is 0 Å². The number of rotatable bonds is 3. The first kappa shape index (κ1) is 12.2. The van der Waals surface area contributed by atoms with E-state index < -0.39 is 5.82 Å². The lowest BCUT2D eigenvalue weighted by Crippen LogP contribution is -2.11. The summed E-state index contributed by atoms with van der Waals surface area (Å²) in [6.07, 6.45) is 1.89. The topological polar surface area (TPSA) is 41.5 Å². The standard InChI is InChI=1S/C13H18FNO2/c1-8-5-10(6-9-3-4-15-7-9)13(17-2)11(14)12(8)16/h5,9,15-16H,3-4,6-7H2,1-2H3. The molecule has 1 aliphatic heterocycles. The fourth-order valence-electron chi connectivity index (χ4n) is 2.39. The Hall–Kier alpha value is -1.29. The van der Waals surface area contributed by atoms with E-state index in [1.165, 1.54) is 7.11 Å². The number of hydrogen-bond donors (Lipinski definition) is 2. The zero-order chi connectivity index (χ0) is 12.4. The minimum Gasteiger partial charge on any atom is -0.505 e. The Morgan fingerprint density at radius 3 is 2.94 bits per heavy atom. The van der Waals surface area contributed by atoms with Crippen LogP contribution >= 0.6 is 0 Å². The second-order valence-corrected chi connectivity index (χ2v) is 4.61. The van der Waals surface area contributed by atoms with Crippen LogP contribution in [0, 0.1) is 18.7 Å². The Bertz CT molecular complexity index is 414. The SMILES string of the molecule is COc1c(CC2CCNC2)cc(C)c(O)c1F. The Balaban J connectivity index is 2.31. The maximum absolute atomic E-state index is 13.8. The van der Waals surface area contributed by atoms with Gasteiger partial charge in [0.05, 0.1) is 7.11 Å². The predicted octanol–water partition coefficient (Wildman–Crippen LogP) is 2.00. The number of phenols is 1. The second-order valence-electron chi connectivity index (χ2n) is 4.61. The lowest BCUT2D eigenvalue weighted by Gasteiger charge is -2.15. The van der Waals surface area contributed by atoms with Crippen molar-refractivity contribution in [1.29, 1.82) is 0 Å². The van der Waals surface area contributed by atoms with Crippen molar-refractivity contribution in [2.75, 3.05) is 20.2 Å². The lowest BCUT2D eigenvalue weighted by atomic mass is 9.96. The van der Waals surface area contributed by atoms with Crippen molar-refractivity contribution >= 4 is 0 Å². The molecule has 0 amide bonds. The molecule has 3 nitrogen and oxygen atoms in total. The molecule has 0 aromatic heterocycles. The zero-order valence-electron chi connectivity index (χ0n) is 10.2. The van der Waals surface area contributed by atoms with Crippen molar-refractivity contribution in [1.82, 2.24) is 5.32 Å². The molecular weight excluding hydrogens is 221 g/mol. The summed E-state index contributed by atoms with van der Waals surface area (Å²) in [7, 11) is 1.43. The molecule has 1 aromatic rings. The Morgan fingerprint density at radius 2 is 2.35 bits per heavy atom. The Labute approximate surface area is 101 Å². The summed E-state index contributed by atoms with van der Waals surface area (Å²) in [5.41, 5.74) is 1.40. The van der Waals surface area contributed by atoms with Gasteiger partial charge in [0.25, 0.3) is 0 Å². The molecule has 4 heteroatoms. The molecule has 1 atom stereocenters. The van der Waals surface area contributed by atoms with Crippen LogP contribution < -0.4 is 10.1 Å². The molecule has 94 valence electrons. The number of aryl methyl sites for hydroxylation is 1. The van der Waals surface area contributed by atoms with E-state index in [4.69, 9.17) is 4.74 Å². The first-order valence-corrected chi connectivity index (χ1v) is 5.89. The van der Waals surface area contributed by atoms with Gasteiger partial charge in [-0.15, -0.1) is 0 Å². The van der Waals surface area contributed by atoms with Crippen LogP contribution in [-0.4, -0.2) is 25.3 Å². The first-order chi connectivity index (χ1) is 8.13. The van der Waals surface area contributed by atoms with Gasteiger partial charge < -0.3 is 15.2 Å². The highest BCUT2D eigenvalue weighted by atomic mass is 19.1. The summed E-state index contributed by atoms with van der Waals surface area (Å²) in [6.45, 7) is 3.69. The lowest BCUT2D eigenvalue weighted by molar-refractivity contribution is 0.356. The average molecular weight is 239 g/mol. The van der Waals surface area contributed by atoms with E-state index in [2.05, 4.69) is 5.32 Å². The van der Waals surface area contributed by atoms with Crippen LogP contribution in [-0.2, 0) is 6.42 Å². The van der Waals surface area contributed by atoms with Gasteiger partial charge in [-0.3, -0.25) is 0 Å². The van der Waals surface area contributed by atoms with E-state index >= 15 is 0 Å². The molecule has 1 saturated heterocycles. The van der Waals surface area contributed by atoms with Crippen LogP contribution in [0.25, 0.3) is 0 Å². The maximum Gasteiger partial charge on any atom is 0.207 e. The van der Waals surface area contributed by atoms with E-state index in [9.17, 15) is 9.50 Å². The average Bonchev–Trinajstić information content (AvgIpc) is 2.79. The smallest absolute Gasteiger partial charge is 0.207 e. The highest BCUT2D eigenvalue weighted by Gasteiger charge is 2.21. The molecule has 17 heavy (non-hydrogen) atoms. The summed E-state index contributed by atoms with van der Waals surface area (Å²) in [5, 5.41) is 12.8. The molecule has 1 unspecified atom stereocenters. The summed E-state index contributed by atoms with van der Waals surface area (Å²) in [5.74, 6) is -0.254. The van der Waals surface area contributed by atoms with Crippen LogP contribution in [0.1, 0.15) is 17.5 Å². The molecule has 0 saturated carbocycles. The molecule has 1 aromatic carbocycles. The van der Waals surface area contributed by atoms with E-state index in [0.29, 0.717) is 11.5 Å². The van der Waals surface area contributed by atoms with Gasteiger partial charge in [-0.25, -0.2) is 0 Å². The van der Waals surface area contributed by atoms with Gasteiger partial charge >= 0.3 is 0 Å². The summed E-state index contributed by atoms with van der Waals surface area (Å²) in [4.78, 5) is 0. The molecule has 1 fully saturated rings. The predicted molar refractivity (Wildman–Crippen MR) is 64.0 cm³/mol. The third kappa shape index (κ3) is 2.36. The van der Waals surface area contributed by atoms with Crippen molar-refractivity contribution in [2.45, 2.75) is 19.8 Å². The molecule has 0 bridgehead atoms. The number of nitrogens with one attached hydrogen (secondary N) is 1. The zero-order valence-corrected chi connectivity index (χ0v) is 10.2. The molecule has 1 aliphatic rings. The van der Waals surface area contributed by atoms with Gasteiger partial charge in [0, 0.05) is 0 Å². The summed E-state index contributed by atoms with van der Waals surface area (Å²) in [6, 6.07) is 1.82. The number of hydrogen-bond acceptors (Lipinski definition) is 3. The third-order valence-electron chi connectivity index (χ3n) is 3.34. The third-order valence-corrected chi connectivity index (χ3v) is 3.34. The molecule has 1 heterocycles. The van der Waals surface area contributed by atoms with Crippen molar-refractivity contribution in [3.05, 3.63) is 23.0 Å². The van der Waals surface area contributed by atoms with Crippen molar-refractivity contribution in [3.63, 3.8) is 0 Å². The van der Waals surface area contributed by atoms with Crippen LogP contribution in [0.15, 0.2) is 6.07 Å². The first-order valence-electron chi connectivity index (χ1n) is 5.89. The van der Waals surface area contributed by atoms with Gasteiger partial charge in [-0.2, -0.15) is 4.39 Å². The number of benzene rings is 1. The van der Waals surface area contributed by atoms with Gasteiger partial charge in [-0.1, -0.05) is 0 Å². The molecular formula is C13H18FNO2. The van der Waals surface area contributed by atoms with Gasteiger partial charge in [0.15, 0.2) is 11.5 Å². The largest absolute Gasteiger partial charge is 0.505 e. The number of phenolic OH excluding ortho intramolecular Hbond substituents is 1. The quantitative estimate of drug-likeness (QED) is 0.847. The molecule has 0 aliphatic carbocycles. The van der Waals surface area contributed by atoms with Crippen LogP contribution in [0.2, 0.25) is 0 Å². The number of halogens is 1. The van der Waals surface area contributed by atoms with Crippen LogP contribution in [0.4, 0.5) is 4.39 Å². The number of ether oxygens (including phenoxy) is 1. The van der Waals surface area contributed by atoms with E-state index in [1.807, 2.05) is 6.07 Å². The van der Waals surface area contributed by atoms with E-state index in [-0.39, 0.29) is 11.5 Å². The van der Waals surface area contributed by atoms with Crippen molar-refractivity contribution in [2.24, 2.45) is 5.92 Å². The second kappa shape index (κ2) is 4.92. The molecule has 2 N–H and O–H groups in total. The van der Waals surface area contributed by atoms with Crippen molar-refractivity contribution < 1.29 is 14.2 Å².